The summed E-state index contributed by atoms with van der Waals surface area (Å²) in [5.41, 5.74) is 5.20. The molecule has 2 aliphatic heterocycles. The minimum Gasteiger partial charge on any atom is -0.291 e. The van der Waals surface area contributed by atoms with Crippen LogP contribution in [0.5, 0.6) is 0 Å². The number of hydrogen-bond acceptors (Lipinski definition) is 6. The molecular weight excluding hydrogens is 270 g/mol. The lowest BCUT2D eigenvalue weighted by atomic mass is 9.90. The van der Waals surface area contributed by atoms with Crippen LogP contribution >= 0.6 is 11.8 Å². The largest absolute Gasteiger partial charge is 0.291 e. The molecule has 1 atom stereocenters. The van der Waals surface area contributed by atoms with Crippen molar-refractivity contribution in [3.63, 3.8) is 0 Å². The zero-order valence-electron chi connectivity index (χ0n) is 11.1. The van der Waals surface area contributed by atoms with E-state index in [4.69, 9.17) is 0 Å². The second-order valence-electron chi connectivity index (χ2n) is 5.08. The summed E-state index contributed by atoms with van der Waals surface area (Å²) in [5.74, 6) is 1.76. The van der Waals surface area contributed by atoms with E-state index in [0.717, 1.165) is 29.6 Å². The minimum atomic E-state index is -0.129. The normalized spacial score (nSPS) is 26.9. The van der Waals surface area contributed by atoms with Crippen molar-refractivity contribution in [3.8, 4) is 0 Å². The van der Waals surface area contributed by atoms with Crippen LogP contribution < -0.4 is 10.7 Å². The van der Waals surface area contributed by atoms with Crippen molar-refractivity contribution in [3.05, 3.63) is 47.0 Å². The number of hydrogen-bond donors (Lipinski definition) is 2. The number of anilines is 1. The molecule has 1 fully saturated rings. The number of thioether (sulfide) groups is 1. The quantitative estimate of drug-likeness (QED) is 0.869. The Balaban J connectivity index is 1.60. The third-order valence-corrected chi connectivity index (χ3v) is 4.79. The molecule has 5 nitrogen and oxygen atoms in total. The van der Waals surface area contributed by atoms with E-state index >= 15 is 0 Å². The van der Waals surface area contributed by atoms with Gasteiger partial charge in [0, 0.05) is 16.5 Å². The van der Waals surface area contributed by atoms with Crippen molar-refractivity contribution in [1.29, 1.82) is 0 Å². The first-order chi connectivity index (χ1) is 9.76. The number of nitrogens with zero attached hydrogens (tertiary/aromatic N) is 3. The van der Waals surface area contributed by atoms with Gasteiger partial charge in [-0.25, -0.2) is 10.1 Å². The first-order valence-electron chi connectivity index (χ1n) is 6.60. The molecule has 0 bridgehead atoms. The van der Waals surface area contributed by atoms with Crippen LogP contribution in [0.2, 0.25) is 0 Å². The van der Waals surface area contributed by atoms with E-state index in [0.29, 0.717) is 0 Å². The fourth-order valence-corrected chi connectivity index (χ4v) is 3.89. The highest BCUT2D eigenvalue weighted by molar-refractivity contribution is 8.03. The van der Waals surface area contributed by atoms with E-state index < -0.39 is 0 Å². The van der Waals surface area contributed by atoms with Crippen molar-refractivity contribution < 1.29 is 0 Å². The van der Waals surface area contributed by atoms with Gasteiger partial charge < -0.3 is 0 Å². The third-order valence-electron chi connectivity index (χ3n) is 3.71. The molecule has 1 aromatic heterocycles. The fourth-order valence-electron chi connectivity index (χ4n) is 2.75. The molecular formula is C14H15N5S. The highest BCUT2D eigenvalue weighted by atomic mass is 32.2. The zero-order chi connectivity index (χ0) is 13.6. The summed E-state index contributed by atoms with van der Waals surface area (Å²) in [7, 11) is 0. The maximum Gasteiger partial charge on any atom is 0.146 e. The number of aryl methyl sites for hydroxylation is 1. The zero-order valence-corrected chi connectivity index (χ0v) is 11.9. The lowest BCUT2D eigenvalue weighted by molar-refractivity contribution is 0.337. The van der Waals surface area contributed by atoms with Crippen molar-refractivity contribution in [2.75, 3.05) is 17.8 Å². The molecule has 0 radical (unpaired) electrons. The van der Waals surface area contributed by atoms with E-state index in [1.165, 1.54) is 4.91 Å². The number of rotatable bonds is 2. The molecule has 102 valence electrons. The maximum absolute atomic E-state index is 4.66. The predicted octanol–water partition coefficient (Wildman–Crippen LogP) is 1.87. The highest BCUT2D eigenvalue weighted by Gasteiger charge is 2.49. The highest BCUT2D eigenvalue weighted by Crippen LogP contribution is 2.41. The molecule has 3 heterocycles. The molecule has 1 aromatic rings. The smallest absolute Gasteiger partial charge is 0.146 e. The molecule has 1 aliphatic carbocycles. The Morgan fingerprint density at radius 1 is 1.45 bits per heavy atom. The molecule has 0 aromatic carbocycles. The minimum absolute atomic E-state index is 0.129. The molecule has 4 rings (SSSR count). The van der Waals surface area contributed by atoms with E-state index in [-0.39, 0.29) is 5.54 Å². The van der Waals surface area contributed by atoms with Crippen molar-refractivity contribution in [2.24, 2.45) is 5.10 Å². The molecule has 0 amide bonds. The fraction of sp³-hybridized carbons (Fsp3) is 0.286. The van der Waals surface area contributed by atoms with E-state index in [1.54, 1.807) is 0 Å². The number of pyridine rings is 1. The van der Waals surface area contributed by atoms with Gasteiger partial charge in [-0.2, -0.15) is 5.10 Å². The number of nitrogens with one attached hydrogen (secondary N) is 2. The van der Waals surface area contributed by atoms with E-state index in [9.17, 15) is 0 Å². The van der Waals surface area contributed by atoms with Gasteiger partial charge in [0.05, 0.1) is 12.3 Å². The first kappa shape index (κ1) is 12.0. The summed E-state index contributed by atoms with van der Waals surface area (Å²) >= 11 is 1.85. The second-order valence-corrected chi connectivity index (χ2v) is 6.10. The van der Waals surface area contributed by atoms with Crippen molar-refractivity contribution >= 4 is 23.3 Å². The van der Waals surface area contributed by atoms with Crippen molar-refractivity contribution in [1.82, 2.24) is 15.4 Å². The van der Waals surface area contributed by atoms with Crippen LogP contribution in [0.15, 0.2) is 46.4 Å². The third kappa shape index (κ3) is 1.76. The van der Waals surface area contributed by atoms with Gasteiger partial charge in [-0.1, -0.05) is 18.2 Å². The topological polar surface area (TPSA) is 52.5 Å². The number of hydrazine groups is 1. The predicted molar refractivity (Wildman–Crippen MR) is 82.3 cm³/mol. The van der Waals surface area contributed by atoms with Gasteiger partial charge in [-0.3, -0.25) is 10.7 Å². The van der Waals surface area contributed by atoms with Crippen LogP contribution in [-0.4, -0.2) is 33.8 Å². The lowest BCUT2D eigenvalue weighted by Crippen LogP contribution is -2.51. The molecule has 2 N–H and O–H groups in total. The Bertz CT molecular complexity index is 651. The van der Waals surface area contributed by atoms with Crippen LogP contribution in [0.1, 0.15) is 5.69 Å². The molecule has 20 heavy (non-hydrogen) atoms. The average molecular weight is 285 g/mol. The molecule has 6 heteroatoms. The van der Waals surface area contributed by atoms with Crippen LogP contribution in [0.4, 0.5) is 5.82 Å². The van der Waals surface area contributed by atoms with Gasteiger partial charge in [-0.05, 0) is 25.1 Å². The molecule has 1 unspecified atom stereocenters. The number of allylic oxidation sites excluding steroid dienone is 2. The molecule has 1 spiro atoms. The van der Waals surface area contributed by atoms with E-state index in [2.05, 4.69) is 39.1 Å². The first-order valence-corrected chi connectivity index (χ1v) is 7.58. The molecule has 0 saturated carbocycles. The van der Waals surface area contributed by atoms with Crippen LogP contribution in [0, 0.1) is 6.92 Å². The summed E-state index contributed by atoms with van der Waals surface area (Å²) in [5, 5.41) is 10.1. The van der Waals surface area contributed by atoms with Crippen LogP contribution in [-0.2, 0) is 0 Å². The summed E-state index contributed by atoms with van der Waals surface area (Å²) in [4.78, 5) is 5.80. The summed E-state index contributed by atoms with van der Waals surface area (Å²) in [6.07, 6.45) is 6.33. The average Bonchev–Trinajstić information content (AvgIpc) is 2.98. The van der Waals surface area contributed by atoms with Gasteiger partial charge in [0.1, 0.15) is 11.4 Å². The second kappa shape index (κ2) is 4.36. The Hall–Kier alpha value is -1.79. The molecule has 3 aliphatic rings. The van der Waals surface area contributed by atoms with Crippen LogP contribution in [0.25, 0.3) is 0 Å². The summed E-state index contributed by atoms with van der Waals surface area (Å²) in [6, 6.07) is 5.93. The maximum atomic E-state index is 4.66. The Kier molecular flexibility index (Phi) is 2.61. The Morgan fingerprint density at radius 3 is 3.30 bits per heavy atom. The number of hydrazone groups is 1. The van der Waals surface area contributed by atoms with Gasteiger partial charge >= 0.3 is 0 Å². The Labute approximate surface area is 121 Å². The van der Waals surface area contributed by atoms with E-state index in [1.807, 2.05) is 42.0 Å². The van der Waals surface area contributed by atoms with Gasteiger partial charge in [0.25, 0.3) is 0 Å². The van der Waals surface area contributed by atoms with Crippen LogP contribution in [0.3, 0.4) is 0 Å². The van der Waals surface area contributed by atoms with Gasteiger partial charge in [0.2, 0.25) is 0 Å². The standard InChI is InChI=1S/C14H15N5S/c1-10-4-2-7-13(16-10)18-19-8-14-11(17-19)5-3-6-12(14)20-9-15-14/h2-7,15H,8-9H2,1H3,(H,16,18). The molecule has 1 saturated heterocycles. The van der Waals surface area contributed by atoms with Crippen molar-refractivity contribution in [2.45, 2.75) is 12.5 Å². The summed E-state index contributed by atoms with van der Waals surface area (Å²) < 4.78 is 0. The number of aromatic nitrogens is 1. The lowest BCUT2D eigenvalue weighted by Gasteiger charge is -2.27. The monoisotopic (exact) mass is 285 g/mol. The SMILES string of the molecule is Cc1cccc(NN2CC34NCSC3=CC=CC4=N2)n1. The Morgan fingerprint density at radius 2 is 2.40 bits per heavy atom. The van der Waals surface area contributed by atoms with Gasteiger partial charge in [-0.15, -0.1) is 11.8 Å². The summed E-state index contributed by atoms with van der Waals surface area (Å²) in [6.45, 7) is 2.76. The van der Waals surface area contributed by atoms with Gasteiger partial charge in [0.15, 0.2) is 0 Å².